The highest BCUT2D eigenvalue weighted by atomic mass is 19.1. The van der Waals surface area contributed by atoms with Crippen molar-refractivity contribution in [3.05, 3.63) is 72.1 Å². The monoisotopic (exact) mass is 499 g/mol. The SMILES string of the molecule is CNc1ccc(-c2c(-c3ccc(Oc4nccc(C)n4)c(F)c3)c3c(N)ncnc3n2C)c(COC)c1. The van der Waals surface area contributed by atoms with E-state index >= 15 is 4.39 Å². The molecule has 5 aromatic rings. The molecule has 188 valence electrons. The molecule has 5 rings (SSSR count). The molecule has 0 aliphatic rings. The Hall–Kier alpha value is -4.57. The van der Waals surface area contributed by atoms with Crippen molar-refractivity contribution in [1.29, 1.82) is 0 Å². The van der Waals surface area contributed by atoms with E-state index in [1.165, 1.54) is 12.4 Å². The lowest BCUT2D eigenvalue weighted by Crippen LogP contribution is -2.00. The van der Waals surface area contributed by atoms with Gasteiger partial charge in [-0.1, -0.05) is 12.1 Å². The summed E-state index contributed by atoms with van der Waals surface area (Å²) in [5.74, 6) is -0.252. The van der Waals surface area contributed by atoms with Gasteiger partial charge in [0.15, 0.2) is 11.6 Å². The first-order valence-corrected chi connectivity index (χ1v) is 11.6. The second kappa shape index (κ2) is 9.82. The highest BCUT2D eigenvalue weighted by Gasteiger charge is 2.24. The van der Waals surface area contributed by atoms with Crippen LogP contribution in [-0.2, 0) is 18.4 Å². The zero-order valence-electron chi connectivity index (χ0n) is 20.9. The molecule has 3 aromatic heterocycles. The summed E-state index contributed by atoms with van der Waals surface area (Å²) in [6.45, 7) is 2.19. The summed E-state index contributed by atoms with van der Waals surface area (Å²) >= 11 is 0. The van der Waals surface area contributed by atoms with Crippen LogP contribution < -0.4 is 15.8 Å². The van der Waals surface area contributed by atoms with Crippen LogP contribution in [0.2, 0.25) is 0 Å². The topological polar surface area (TPSA) is 113 Å². The lowest BCUT2D eigenvalue weighted by atomic mass is 9.95. The summed E-state index contributed by atoms with van der Waals surface area (Å²) in [6.07, 6.45) is 2.98. The fourth-order valence-corrected chi connectivity index (χ4v) is 4.44. The smallest absolute Gasteiger partial charge is 0.322 e. The predicted molar refractivity (Wildman–Crippen MR) is 141 cm³/mol. The van der Waals surface area contributed by atoms with Crippen LogP contribution in [0.5, 0.6) is 11.8 Å². The average Bonchev–Trinajstić information content (AvgIpc) is 3.19. The number of halogens is 1. The molecule has 3 N–H and O–H groups in total. The molecule has 37 heavy (non-hydrogen) atoms. The minimum absolute atomic E-state index is 0.0128. The summed E-state index contributed by atoms with van der Waals surface area (Å²) < 4.78 is 28.4. The van der Waals surface area contributed by atoms with Crippen LogP contribution in [-0.4, -0.2) is 38.7 Å². The maximum Gasteiger partial charge on any atom is 0.322 e. The normalized spacial score (nSPS) is 11.2. The molecule has 3 heterocycles. The standard InChI is InChI=1S/C27H26FN7O2/c1-15-9-10-31-27(34-15)37-21-8-5-16(12-20(21)28)22-23-25(29)32-14-33-26(23)35(3)24(22)19-7-6-18(30-2)11-17(19)13-36-4/h5-12,14,30H,13H2,1-4H3,(H2,29,32,33). The van der Waals surface area contributed by atoms with Gasteiger partial charge in [0, 0.05) is 49.9 Å². The quantitative estimate of drug-likeness (QED) is 0.318. The van der Waals surface area contributed by atoms with Gasteiger partial charge in [-0.25, -0.2) is 24.3 Å². The van der Waals surface area contributed by atoms with E-state index < -0.39 is 5.82 Å². The third-order valence-electron chi connectivity index (χ3n) is 6.14. The maximum absolute atomic E-state index is 15.4. The van der Waals surface area contributed by atoms with Crippen molar-refractivity contribution in [2.75, 3.05) is 25.2 Å². The Balaban J connectivity index is 1.72. The van der Waals surface area contributed by atoms with Crippen molar-refractivity contribution in [3.8, 4) is 34.1 Å². The molecule has 0 spiro atoms. The van der Waals surface area contributed by atoms with E-state index in [1.54, 1.807) is 31.5 Å². The number of rotatable bonds is 7. The molecule has 0 amide bonds. The van der Waals surface area contributed by atoms with E-state index in [9.17, 15) is 0 Å². The first-order chi connectivity index (χ1) is 17.9. The van der Waals surface area contributed by atoms with Crippen molar-refractivity contribution in [2.24, 2.45) is 7.05 Å². The van der Waals surface area contributed by atoms with Gasteiger partial charge in [0.25, 0.3) is 0 Å². The summed E-state index contributed by atoms with van der Waals surface area (Å²) in [5, 5.41) is 3.80. The van der Waals surface area contributed by atoms with Gasteiger partial charge in [0.2, 0.25) is 0 Å². The number of benzene rings is 2. The number of ether oxygens (including phenoxy) is 2. The zero-order valence-corrected chi connectivity index (χ0v) is 20.9. The Morgan fingerprint density at radius 3 is 2.65 bits per heavy atom. The number of hydrogen-bond acceptors (Lipinski definition) is 8. The van der Waals surface area contributed by atoms with Gasteiger partial charge < -0.3 is 25.1 Å². The Bertz CT molecular complexity index is 1620. The Labute approximate surface area is 213 Å². The number of methoxy groups -OCH3 is 1. The van der Waals surface area contributed by atoms with E-state index in [-0.39, 0.29) is 11.8 Å². The third-order valence-corrected chi connectivity index (χ3v) is 6.14. The lowest BCUT2D eigenvalue weighted by molar-refractivity contribution is 0.185. The zero-order chi connectivity index (χ0) is 26.1. The Morgan fingerprint density at radius 2 is 1.92 bits per heavy atom. The summed E-state index contributed by atoms with van der Waals surface area (Å²) in [6, 6.07) is 12.6. The highest BCUT2D eigenvalue weighted by molar-refractivity contribution is 6.08. The van der Waals surface area contributed by atoms with Crippen molar-refractivity contribution in [1.82, 2.24) is 24.5 Å². The van der Waals surface area contributed by atoms with Gasteiger partial charge >= 0.3 is 6.01 Å². The number of nitrogen functional groups attached to an aromatic ring is 1. The summed E-state index contributed by atoms with van der Waals surface area (Å²) in [7, 11) is 5.41. The number of fused-ring (bicyclic) bond motifs is 1. The number of nitrogens with two attached hydrogens (primary N) is 1. The van der Waals surface area contributed by atoms with E-state index in [4.69, 9.17) is 15.2 Å². The van der Waals surface area contributed by atoms with E-state index in [0.717, 1.165) is 22.5 Å². The number of hydrogen-bond donors (Lipinski definition) is 2. The van der Waals surface area contributed by atoms with Gasteiger partial charge in [0.05, 0.1) is 17.7 Å². The molecule has 0 saturated carbocycles. The van der Waals surface area contributed by atoms with Gasteiger partial charge in [0.1, 0.15) is 17.8 Å². The first-order valence-electron chi connectivity index (χ1n) is 11.6. The fourth-order valence-electron chi connectivity index (χ4n) is 4.44. The molecule has 2 aromatic carbocycles. The predicted octanol–water partition coefficient (Wildman–Crippen LogP) is 5.10. The van der Waals surface area contributed by atoms with E-state index in [2.05, 4.69) is 25.3 Å². The Morgan fingerprint density at radius 1 is 1.08 bits per heavy atom. The molecule has 0 fully saturated rings. The van der Waals surface area contributed by atoms with Crippen molar-refractivity contribution < 1.29 is 13.9 Å². The molecule has 0 radical (unpaired) electrons. The summed E-state index contributed by atoms with van der Waals surface area (Å²) in [4.78, 5) is 16.9. The van der Waals surface area contributed by atoms with Gasteiger partial charge in [-0.05, 0) is 48.4 Å². The fraction of sp³-hybridized carbons (Fsp3) is 0.185. The molecule has 10 heteroatoms. The van der Waals surface area contributed by atoms with Crippen molar-refractivity contribution in [3.63, 3.8) is 0 Å². The van der Waals surface area contributed by atoms with Gasteiger partial charge in [-0.15, -0.1) is 0 Å². The number of nitrogens with one attached hydrogen (secondary N) is 1. The Kier molecular flexibility index (Phi) is 6.41. The number of aryl methyl sites for hydroxylation is 2. The highest BCUT2D eigenvalue weighted by Crippen LogP contribution is 2.44. The van der Waals surface area contributed by atoms with E-state index in [0.29, 0.717) is 40.3 Å². The van der Waals surface area contributed by atoms with Gasteiger partial charge in [-0.2, -0.15) is 0 Å². The molecular formula is C27H26FN7O2. The second-order valence-electron chi connectivity index (χ2n) is 8.52. The molecule has 0 aliphatic carbocycles. The van der Waals surface area contributed by atoms with Crippen LogP contribution >= 0.6 is 0 Å². The van der Waals surface area contributed by atoms with Crippen LogP contribution in [0.3, 0.4) is 0 Å². The molecule has 0 atom stereocenters. The minimum Gasteiger partial charge on any atom is -0.421 e. The molecular weight excluding hydrogens is 473 g/mol. The average molecular weight is 500 g/mol. The second-order valence-corrected chi connectivity index (χ2v) is 8.52. The van der Waals surface area contributed by atoms with Crippen LogP contribution in [0.1, 0.15) is 11.3 Å². The van der Waals surface area contributed by atoms with Crippen LogP contribution in [0.4, 0.5) is 15.9 Å². The van der Waals surface area contributed by atoms with Crippen LogP contribution in [0.15, 0.2) is 55.0 Å². The van der Waals surface area contributed by atoms with E-state index in [1.807, 2.05) is 43.8 Å². The lowest BCUT2D eigenvalue weighted by Gasteiger charge is -2.15. The number of aromatic nitrogens is 5. The number of nitrogens with zero attached hydrogens (tertiary/aromatic N) is 5. The first kappa shape index (κ1) is 24.1. The minimum atomic E-state index is -0.566. The van der Waals surface area contributed by atoms with Crippen LogP contribution in [0, 0.1) is 12.7 Å². The molecule has 0 unspecified atom stereocenters. The third kappa shape index (κ3) is 4.43. The summed E-state index contributed by atoms with van der Waals surface area (Å²) in [5.41, 5.74) is 12.6. The number of anilines is 2. The largest absolute Gasteiger partial charge is 0.421 e. The van der Waals surface area contributed by atoms with Crippen molar-refractivity contribution >= 4 is 22.5 Å². The molecule has 9 nitrogen and oxygen atoms in total. The van der Waals surface area contributed by atoms with Crippen molar-refractivity contribution in [2.45, 2.75) is 13.5 Å². The molecule has 0 aliphatic heterocycles. The maximum atomic E-state index is 15.4. The molecule has 0 bridgehead atoms. The van der Waals surface area contributed by atoms with Crippen LogP contribution in [0.25, 0.3) is 33.4 Å². The van der Waals surface area contributed by atoms with Gasteiger partial charge in [-0.3, -0.25) is 0 Å². The molecule has 0 saturated heterocycles.